The van der Waals surface area contributed by atoms with Crippen LogP contribution in [0.2, 0.25) is 0 Å². The van der Waals surface area contributed by atoms with E-state index in [2.05, 4.69) is 24.0 Å². The van der Waals surface area contributed by atoms with Crippen LogP contribution in [0.5, 0.6) is 0 Å². The van der Waals surface area contributed by atoms with Gasteiger partial charge < -0.3 is 4.74 Å². The molecule has 1 aliphatic carbocycles. The molecule has 1 aromatic rings. The maximum Gasteiger partial charge on any atom is 0.327 e. The number of aryl methyl sites for hydroxylation is 1. The van der Waals surface area contributed by atoms with Gasteiger partial charge in [-0.25, -0.2) is 4.79 Å². The molecule has 0 bridgehead atoms. The van der Waals surface area contributed by atoms with Crippen molar-refractivity contribution in [1.82, 2.24) is 4.90 Å². The number of rotatable bonds is 5. The van der Waals surface area contributed by atoms with Crippen molar-refractivity contribution in [2.45, 2.75) is 38.3 Å². The molecule has 1 atom stereocenters. The number of hydrogen-bond acceptors (Lipinski definition) is 3. The van der Waals surface area contributed by atoms with E-state index in [1.54, 1.807) is 0 Å². The fourth-order valence-electron chi connectivity index (χ4n) is 2.28. The lowest BCUT2D eigenvalue weighted by Gasteiger charge is -2.26. The lowest BCUT2D eigenvalue weighted by atomic mass is 10.0. The summed E-state index contributed by atoms with van der Waals surface area (Å²) in [6.07, 6.45) is 3.37. The van der Waals surface area contributed by atoms with Crippen LogP contribution >= 0.6 is 0 Å². The summed E-state index contributed by atoms with van der Waals surface area (Å²) in [5, 5.41) is 0. The zero-order chi connectivity index (χ0) is 13.1. The van der Waals surface area contributed by atoms with Crippen molar-refractivity contribution >= 4 is 5.97 Å². The van der Waals surface area contributed by atoms with E-state index in [1.807, 2.05) is 19.2 Å². The third kappa shape index (κ3) is 2.72. The van der Waals surface area contributed by atoms with Gasteiger partial charge in [0.1, 0.15) is 6.04 Å². The summed E-state index contributed by atoms with van der Waals surface area (Å²) in [5.41, 5.74) is 2.31. The van der Waals surface area contributed by atoms with Crippen molar-refractivity contribution < 1.29 is 9.53 Å². The highest BCUT2D eigenvalue weighted by Crippen LogP contribution is 2.33. The summed E-state index contributed by atoms with van der Waals surface area (Å²) in [4.78, 5) is 14.1. The van der Waals surface area contributed by atoms with Gasteiger partial charge in [-0.2, -0.15) is 0 Å². The zero-order valence-corrected chi connectivity index (χ0v) is 11.3. The molecule has 2 rings (SSSR count). The van der Waals surface area contributed by atoms with Crippen LogP contribution in [0.15, 0.2) is 24.3 Å². The van der Waals surface area contributed by atoms with E-state index in [4.69, 9.17) is 4.74 Å². The minimum atomic E-state index is -0.270. The first-order valence-electron chi connectivity index (χ1n) is 6.56. The van der Waals surface area contributed by atoms with Crippen molar-refractivity contribution in [1.29, 1.82) is 0 Å². The third-order valence-corrected chi connectivity index (χ3v) is 3.66. The largest absolute Gasteiger partial charge is 0.468 e. The maximum atomic E-state index is 12.0. The molecular weight excluding hydrogens is 226 g/mol. The van der Waals surface area contributed by atoms with Crippen LogP contribution in [0.1, 0.15) is 36.9 Å². The number of esters is 1. The molecule has 0 spiro atoms. The van der Waals surface area contributed by atoms with E-state index in [0.717, 1.165) is 12.0 Å². The monoisotopic (exact) mass is 247 g/mol. The molecule has 0 saturated heterocycles. The maximum absolute atomic E-state index is 12.0. The van der Waals surface area contributed by atoms with Crippen LogP contribution < -0.4 is 0 Å². The molecule has 0 heterocycles. The molecule has 1 fully saturated rings. The Bertz CT molecular complexity index is 409. The number of methoxy groups -OCH3 is 1. The van der Waals surface area contributed by atoms with Gasteiger partial charge in [-0.15, -0.1) is 0 Å². The number of hydrogen-bond donors (Lipinski definition) is 0. The smallest absolute Gasteiger partial charge is 0.327 e. The molecule has 1 aromatic carbocycles. The second kappa shape index (κ2) is 5.53. The molecule has 3 heteroatoms. The van der Waals surface area contributed by atoms with E-state index >= 15 is 0 Å². The summed E-state index contributed by atoms with van der Waals surface area (Å²) in [7, 11) is 3.46. The first-order valence-corrected chi connectivity index (χ1v) is 6.56. The van der Waals surface area contributed by atoms with Crippen molar-refractivity contribution in [3.8, 4) is 0 Å². The van der Waals surface area contributed by atoms with Gasteiger partial charge in [0.15, 0.2) is 0 Å². The van der Waals surface area contributed by atoms with E-state index in [1.165, 1.54) is 25.5 Å². The minimum absolute atomic E-state index is 0.173. The van der Waals surface area contributed by atoms with Gasteiger partial charge >= 0.3 is 5.97 Å². The Hall–Kier alpha value is -1.35. The predicted molar refractivity (Wildman–Crippen MR) is 71.4 cm³/mol. The average Bonchev–Trinajstić information content (AvgIpc) is 3.23. The van der Waals surface area contributed by atoms with Gasteiger partial charge in [0.2, 0.25) is 0 Å². The quantitative estimate of drug-likeness (QED) is 0.749. The predicted octanol–water partition coefficient (Wildman–Crippen LogP) is 2.56. The summed E-state index contributed by atoms with van der Waals surface area (Å²) >= 11 is 0. The van der Waals surface area contributed by atoms with Crippen LogP contribution in [0.3, 0.4) is 0 Å². The number of benzene rings is 1. The van der Waals surface area contributed by atoms with Crippen LogP contribution in [0.4, 0.5) is 0 Å². The molecule has 1 aliphatic rings. The summed E-state index contributed by atoms with van der Waals surface area (Å²) in [6.45, 7) is 2.13. The van der Waals surface area contributed by atoms with Gasteiger partial charge in [0.25, 0.3) is 0 Å². The third-order valence-electron chi connectivity index (χ3n) is 3.66. The van der Waals surface area contributed by atoms with E-state index in [9.17, 15) is 4.79 Å². The lowest BCUT2D eigenvalue weighted by Crippen LogP contribution is -2.33. The highest BCUT2D eigenvalue weighted by molar-refractivity contribution is 5.77. The Labute approximate surface area is 109 Å². The summed E-state index contributed by atoms with van der Waals surface area (Å²) in [5.74, 6) is -0.173. The normalized spacial score (nSPS) is 16.7. The molecule has 3 nitrogen and oxygen atoms in total. The molecular formula is C15H21NO2. The van der Waals surface area contributed by atoms with Gasteiger partial charge in [-0.05, 0) is 37.4 Å². The van der Waals surface area contributed by atoms with Gasteiger partial charge in [0.05, 0.1) is 7.11 Å². The average molecular weight is 247 g/mol. The fourth-order valence-corrected chi connectivity index (χ4v) is 2.28. The molecule has 18 heavy (non-hydrogen) atoms. The number of ether oxygens (including phenoxy) is 1. The van der Waals surface area contributed by atoms with Crippen molar-refractivity contribution in [3.63, 3.8) is 0 Å². The Morgan fingerprint density at radius 3 is 2.44 bits per heavy atom. The Morgan fingerprint density at radius 2 is 2.00 bits per heavy atom. The van der Waals surface area contributed by atoms with Crippen LogP contribution in [-0.2, 0) is 16.0 Å². The molecule has 98 valence electrons. The molecule has 0 aromatic heterocycles. The Balaban J connectivity index is 2.23. The molecule has 0 N–H and O–H groups in total. The first kappa shape index (κ1) is 13.1. The van der Waals surface area contributed by atoms with Crippen LogP contribution in [-0.4, -0.2) is 31.1 Å². The van der Waals surface area contributed by atoms with Crippen LogP contribution in [0.25, 0.3) is 0 Å². The van der Waals surface area contributed by atoms with Crippen LogP contribution in [0, 0.1) is 0 Å². The van der Waals surface area contributed by atoms with Crippen molar-refractivity contribution in [2.75, 3.05) is 14.2 Å². The second-order valence-corrected chi connectivity index (χ2v) is 4.92. The topological polar surface area (TPSA) is 29.5 Å². The molecule has 1 unspecified atom stereocenters. The highest BCUT2D eigenvalue weighted by Gasteiger charge is 2.36. The number of nitrogens with zero attached hydrogens (tertiary/aromatic N) is 1. The molecule has 0 amide bonds. The number of carbonyl (C=O) groups excluding carboxylic acids is 1. The zero-order valence-electron chi connectivity index (χ0n) is 11.3. The first-order chi connectivity index (χ1) is 8.67. The Kier molecular flexibility index (Phi) is 4.02. The summed E-state index contributed by atoms with van der Waals surface area (Å²) in [6, 6.07) is 8.52. The SMILES string of the molecule is CCc1ccc(C(C(=O)OC)N(C)C2CC2)cc1. The van der Waals surface area contributed by atoms with E-state index in [-0.39, 0.29) is 12.0 Å². The lowest BCUT2D eigenvalue weighted by molar-refractivity contribution is -0.147. The van der Waals surface area contributed by atoms with Crippen molar-refractivity contribution in [2.24, 2.45) is 0 Å². The highest BCUT2D eigenvalue weighted by atomic mass is 16.5. The van der Waals surface area contributed by atoms with E-state index in [0.29, 0.717) is 6.04 Å². The fraction of sp³-hybridized carbons (Fsp3) is 0.533. The van der Waals surface area contributed by atoms with Gasteiger partial charge in [0, 0.05) is 6.04 Å². The Morgan fingerprint density at radius 1 is 1.39 bits per heavy atom. The minimum Gasteiger partial charge on any atom is -0.468 e. The molecule has 0 radical (unpaired) electrons. The second-order valence-electron chi connectivity index (χ2n) is 4.92. The molecule has 1 saturated carbocycles. The van der Waals surface area contributed by atoms with Gasteiger partial charge in [-0.1, -0.05) is 31.2 Å². The van der Waals surface area contributed by atoms with Gasteiger partial charge in [-0.3, -0.25) is 4.90 Å². The van der Waals surface area contributed by atoms with Crippen molar-refractivity contribution in [3.05, 3.63) is 35.4 Å². The van der Waals surface area contributed by atoms with E-state index < -0.39 is 0 Å². The number of carbonyl (C=O) groups is 1. The molecule has 0 aliphatic heterocycles. The number of likely N-dealkylation sites (N-methyl/N-ethyl adjacent to an activating group) is 1. The summed E-state index contributed by atoms with van der Waals surface area (Å²) < 4.78 is 4.94. The standard InChI is InChI=1S/C15H21NO2/c1-4-11-5-7-12(8-6-11)14(15(17)18-3)16(2)13-9-10-13/h5-8,13-14H,4,9-10H2,1-3H3.